The van der Waals surface area contributed by atoms with Gasteiger partial charge in [0, 0.05) is 35.7 Å². The van der Waals surface area contributed by atoms with Crippen molar-refractivity contribution < 1.29 is 4.79 Å². The lowest BCUT2D eigenvalue weighted by atomic mass is 9.96. The fourth-order valence-corrected chi connectivity index (χ4v) is 4.66. The van der Waals surface area contributed by atoms with Crippen LogP contribution in [0.25, 0.3) is 0 Å². The molecular weight excluding hydrogens is 483 g/mol. The molecule has 6 heteroatoms. The molecule has 0 aromatic heterocycles. The molecule has 1 unspecified atom stereocenters. The van der Waals surface area contributed by atoms with E-state index in [0.717, 1.165) is 17.6 Å². The van der Waals surface area contributed by atoms with Crippen molar-refractivity contribution in [1.29, 1.82) is 0 Å². The maximum absolute atomic E-state index is 13.0. The van der Waals surface area contributed by atoms with E-state index in [0.29, 0.717) is 28.7 Å². The second-order valence-electron chi connectivity index (χ2n) is 7.32. The number of rotatable bonds is 4. The number of carbonyl (C=O) groups excluding carboxylic acids is 1. The Balaban J connectivity index is 1.53. The number of piperazine rings is 1. The lowest BCUT2D eigenvalue weighted by Gasteiger charge is -2.40. The van der Waals surface area contributed by atoms with Crippen molar-refractivity contribution in [3.05, 3.63) is 104 Å². The average Bonchev–Trinajstić information content (AvgIpc) is 2.76. The molecule has 30 heavy (non-hydrogen) atoms. The van der Waals surface area contributed by atoms with E-state index in [9.17, 15) is 4.79 Å². The van der Waals surface area contributed by atoms with Gasteiger partial charge in [0.25, 0.3) is 5.91 Å². The molecule has 1 saturated heterocycles. The minimum Gasteiger partial charge on any atom is -0.336 e. The first-order valence-electron chi connectivity index (χ1n) is 9.82. The van der Waals surface area contributed by atoms with Gasteiger partial charge in [-0.3, -0.25) is 9.69 Å². The first kappa shape index (κ1) is 21.4. The van der Waals surface area contributed by atoms with Crippen molar-refractivity contribution in [2.24, 2.45) is 0 Å². The molecule has 1 fully saturated rings. The number of amides is 1. The molecule has 1 aliphatic heterocycles. The Morgan fingerprint density at radius 2 is 1.47 bits per heavy atom. The molecule has 0 saturated carbocycles. The summed E-state index contributed by atoms with van der Waals surface area (Å²) in [5, 5.41) is 0.925. The van der Waals surface area contributed by atoms with Gasteiger partial charge in [-0.1, -0.05) is 81.6 Å². The van der Waals surface area contributed by atoms with Crippen molar-refractivity contribution in [2.75, 3.05) is 26.2 Å². The standard InChI is InChI=1S/C24H21BrCl2N2O/c25-19-8-6-18(7-9-19)23(17-4-2-1-3-5-17)28-12-14-29(15-13-28)24(30)21-11-10-20(26)16-22(21)27/h1-11,16,23H,12-15H2. The fourth-order valence-electron chi connectivity index (χ4n) is 3.91. The summed E-state index contributed by atoms with van der Waals surface area (Å²) in [6, 6.07) is 24.2. The van der Waals surface area contributed by atoms with Crippen LogP contribution in [-0.4, -0.2) is 41.9 Å². The Bertz CT molecular complexity index is 1020. The van der Waals surface area contributed by atoms with Crippen molar-refractivity contribution in [2.45, 2.75) is 6.04 Å². The summed E-state index contributed by atoms with van der Waals surface area (Å²) in [4.78, 5) is 17.3. The van der Waals surface area contributed by atoms with Crippen LogP contribution in [0.2, 0.25) is 10.0 Å². The number of carbonyl (C=O) groups is 1. The smallest absolute Gasteiger partial charge is 0.255 e. The predicted molar refractivity (Wildman–Crippen MR) is 126 cm³/mol. The first-order valence-corrected chi connectivity index (χ1v) is 11.4. The van der Waals surface area contributed by atoms with E-state index in [1.165, 1.54) is 11.1 Å². The monoisotopic (exact) mass is 502 g/mol. The van der Waals surface area contributed by atoms with Crippen LogP contribution in [0.5, 0.6) is 0 Å². The molecule has 0 spiro atoms. The molecule has 1 aliphatic rings. The van der Waals surface area contributed by atoms with Crippen LogP contribution in [-0.2, 0) is 0 Å². The van der Waals surface area contributed by atoms with Gasteiger partial charge < -0.3 is 4.90 Å². The van der Waals surface area contributed by atoms with E-state index in [2.05, 4.69) is 69.4 Å². The quantitative estimate of drug-likeness (QED) is 0.416. The third kappa shape index (κ3) is 4.73. The van der Waals surface area contributed by atoms with Gasteiger partial charge in [0.15, 0.2) is 0 Å². The van der Waals surface area contributed by atoms with E-state index >= 15 is 0 Å². The van der Waals surface area contributed by atoms with E-state index in [4.69, 9.17) is 23.2 Å². The van der Waals surface area contributed by atoms with Gasteiger partial charge in [0.1, 0.15) is 0 Å². The maximum Gasteiger partial charge on any atom is 0.255 e. The Morgan fingerprint density at radius 1 is 0.833 bits per heavy atom. The van der Waals surface area contributed by atoms with Crippen LogP contribution >= 0.6 is 39.1 Å². The summed E-state index contributed by atoms with van der Waals surface area (Å²) < 4.78 is 1.06. The normalized spacial score (nSPS) is 15.8. The average molecular weight is 504 g/mol. The van der Waals surface area contributed by atoms with Crippen LogP contribution in [0.15, 0.2) is 77.3 Å². The zero-order valence-electron chi connectivity index (χ0n) is 16.3. The highest BCUT2D eigenvalue weighted by Crippen LogP contribution is 2.31. The summed E-state index contributed by atoms with van der Waals surface area (Å²) >= 11 is 15.7. The Morgan fingerprint density at radius 3 is 2.10 bits per heavy atom. The van der Waals surface area contributed by atoms with Gasteiger partial charge in [0.05, 0.1) is 16.6 Å². The molecular formula is C24H21BrCl2N2O. The second-order valence-corrected chi connectivity index (χ2v) is 9.08. The minimum absolute atomic E-state index is 0.0452. The summed E-state index contributed by atoms with van der Waals surface area (Å²) in [5.74, 6) is -0.0452. The lowest BCUT2D eigenvalue weighted by molar-refractivity contribution is 0.0597. The lowest BCUT2D eigenvalue weighted by Crippen LogP contribution is -2.49. The van der Waals surface area contributed by atoms with E-state index < -0.39 is 0 Å². The molecule has 0 N–H and O–H groups in total. The van der Waals surface area contributed by atoms with Crippen LogP contribution in [0.1, 0.15) is 27.5 Å². The molecule has 3 nitrogen and oxygen atoms in total. The summed E-state index contributed by atoms with van der Waals surface area (Å²) in [6.45, 7) is 2.87. The van der Waals surface area contributed by atoms with Crippen LogP contribution in [0.3, 0.4) is 0 Å². The molecule has 3 aromatic rings. The number of hydrogen-bond donors (Lipinski definition) is 0. The van der Waals surface area contributed by atoms with E-state index in [-0.39, 0.29) is 11.9 Å². The van der Waals surface area contributed by atoms with Crippen molar-refractivity contribution in [3.63, 3.8) is 0 Å². The van der Waals surface area contributed by atoms with Gasteiger partial charge in [-0.15, -0.1) is 0 Å². The summed E-state index contributed by atoms with van der Waals surface area (Å²) in [7, 11) is 0. The Hall–Kier alpha value is -1.85. The molecule has 3 aromatic carbocycles. The molecule has 1 atom stereocenters. The van der Waals surface area contributed by atoms with Gasteiger partial charge >= 0.3 is 0 Å². The summed E-state index contributed by atoms with van der Waals surface area (Å²) in [5.41, 5.74) is 2.99. The first-order chi connectivity index (χ1) is 14.5. The third-order valence-electron chi connectivity index (χ3n) is 5.43. The topological polar surface area (TPSA) is 23.6 Å². The van der Waals surface area contributed by atoms with Crippen molar-refractivity contribution >= 4 is 45.0 Å². The molecule has 0 aliphatic carbocycles. The van der Waals surface area contributed by atoms with Gasteiger partial charge in [-0.2, -0.15) is 0 Å². The van der Waals surface area contributed by atoms with Gasteiger partial charge in [-0.25, -0.2) is 0 Å². The number of benzene rings is 3. The predicted octanol–water partition coefficient (Wildman–Crippen LogP) is 6.30. The Kier molecular flexibility index (Phi) is 6.79. The van der Waals surface area contributed by atoms with Crippen LogP contribution in [0, 0.1) is 0 Å². The Labute approximate surface area is 195 Å². The highest BCUT2D eigenvalue weighted by atomic mass is 79.9. The fraction of sp³-hybridized carbons (Fsp3) is 0.208. The molecule has 0 radical (unpaired) electrons. The van der Waals surface area contributed by atoms with E-state index in [1.54, 1.807) is 18.2 Å². The molecule has 0 bridgehead atoms. The molecule has 154 valence electrons. The zero-order valence-corrected chi connectivity index (χ0v) is 19.4. The number of hydrogen-bond acceptors (Lipinski definition) is 2. The van der Waals surface area contributed by atoms with Crippen molar-refractivity contribution in [1.82, 2.24) is 9.80 Å². The molecule has 4 rings (SSSR count). The number of halogens is 3. The van der Waals surface area contributed by atoms with Crippen LogP contribution < -0.4 is 0 Å². The zero-order chi connectivity index (χ0) is 21.1. The van der Waals surface area contributed by atoms with Gasteiger partial charge in [-0.05, 0) is 41.5 Å². The second kappa shape index (κ2) is 9.52. The third-order valence-corrected chi connectivity index (χ3v) is 6.51. The molecule has 1 amide bonds. The summed E-state index contributed by atoms with van der Waals surface area (Å²) in [6.07, 6.45) is 0. The highest BCUT2D eigenvalue weighted by molar-refractivity contribution is 9.10. The van der Waals surface area contributed by atoms with Crippen LogP contribution in [0.4, 0.5) is 0 Å². The van der Waals surface area contributed by atoms with Crippen molar-refractivity contribution in [3.8, 4) is 0 Å². The van der Waals surface area contributed by atoms with Gasteiger partial charge in [0.2, 0.25) is 0 Å². The SMILES string of the molecule is O=C(c1ccc(Cl)cc1Cl)N1CCN(C(c2ccccc2)c2ccc(Br)cc2)CC1. The molecule has 1 heterocycles. The van der Waals surface area contributed by atoms with E-state index in [1.807, 2.05) is 11.0 Å². The number of nitrogens with zero attached hydrogens (tertiary/aromatic N) is 2. The minimum atomic E-state index is -0.0452. The largest absolute Gasteiger partial charge is 0.336 e. The maximum atomic E-state index is 13.0. The highest BCUT2D eigenvalue weighted by Gasteiger charge is 2.29.